The molecule has 2 fully saturated rings. The van der Waals surface area contributed by atoms with Gasteiger partial charge in [0, 0.05) is 49.2 Å². The molecule has 1 N–H and O–H groups in total. The molecule has 1 aromatic carbocycles. The molecule has 2 unspecified atom stereocenters. The smallest absolute Gasteiger partial charge is 0.248 e. The lowest BCUT2D eigenvalue weighted by Crippen LogP contribution is -2.53. The summed E-state index contributed by atoms with van der Waals surface area (Å²) in [6, 6.07) is 10.1. The number of Topliss-reactive ketones (excluding diaryl/α,β-unsaturated/α-hetero) is 1. The van der Waals surface area contributed by atoms with Gasteiger partial charge in [-0.1, -0.05) is 58.2 Å². The highest BCUT2D eigenvalue weighted by Gasteiger charge is 2.41. The first-order valence-electron chi connectivity index (χ1n) is 13.5. The molecule has 2 amide bonds. The molecule has 2 atom stereocenters. The topological polar surface area (TPSA) is 106 Å². The number of aromatic nitrogens is 1. The summed E-state index contributed by atoms with van der Waals surface area (Å²) in [5.74, 6) is -2.02. The van der Waals surface area contributed by atoms with Gasteiger partial charge in [-0.05, 0) is 42.0 Å². The van der Waals surface area contributed by atoms with E-state index in [0.717, 1.165) is 37.7 Å². The number of carbonyl (C=O) groups excluding carboxylic acids is 3. The Labute approximate surface area is 225 Å². The van der Waals surface area contributed by atoms with Gasteiger partial charge in [0.2, 0.25) is 11.8 Å². The summed E-state index contributed by atoms with van der Waals surface area (Å²) in [7, 11) is 0. The van der Waals surface area contributed by atoms with Crippen LogP contribution in [0.5, 0.6) is 0 Å². The van der Waals surface area contributed by atoms with E-state index in [1.807, 2.05) is 24.3 Å². The molecule has 1 saturated heterocycles. The van der Waals surface area contributed by atoms with Gasteiger partial charge in [-0.15, -0.1) is 0 Å². The summed E-state index contributed by atoms with van der Waals surface area (Å²) in [5, 5.41) is 12.6. The van der Waals surface area contributed by atoms with Crippen LogP contribution in [0.25, 0.3) is 0 Å². The molecule has 38 heavy (non-hydrogen) atoms. The number of likely N-dealkylation sites (tertiary alicyclic amines) is 1. The summed E-state index contributed by atoms with van der Waals surface area (Å²) in [4.78, 5) is 48.3. The molecule has 8 heteroatoms. The van der Waals surface area contributed by atoms with Crippen molar-refractivity contribution >= 4 is 23.3 Å². The van der Waals surface area contributed by atoms with Crippen molar-refractivity contribution in [1.29, 1.82) is 5.26 Å². The number of nitrogens with one attached hydrogen (secondary N) is 1. The van der Waals surface area contributed by atoms with E-state index in [9.17, 15) is 19.6 Å². The number of pyridine rings is 1. The Morgan fingerprint density at radius 2 is 1.84 bits per heavy atom. The number of benzene rings is 1. The fourth-order valence-corrected chi connectivity index (χ4v) is 5.32. The van der Waals surface area contributed by atoms with Gasteiger partial charge in [-0.3, -0.25) is 24.3 Å². The number of ketones is 1. The van der Waals surface area contributed by atoms with Crippen molar-refractivity contribution in [3.8, 4) is 6.19 Å². The predicted molar refractivity (Wildman–Crippen MR) is 145 cm³/mol. The van der Waals surface area contributed by atoms with Gasteiger partial charge in [0.05, 0.1) is 0 Å². The maximum absolute atomic E-state index is 14.2. The van der Waals surface area contributed by atoms with Crippen molar-refractivity contribution in [3.05, 3.63) is 59.9 Å². The molecule has 4 rings (SSSR count). The third-order valence-electron chi connectivity index (χ3n) is 7.57. The van der Waals surface area contributed by atoms with Crippen molar-refractivity contribution in [2.75, 3.05) is 18.0 Å². The van der Waals surface area contributed by atoms with E-state index in [0.29, 0.717) is 17.8 Å². The van der Waals surface area contributed by atoms with Crippen LogP contribution in [0.3, 0.4) is 0 Å². The van der Waals surface area contributed by atoms with Crippen molar-refractivity contribution in [2.24, 2.45) is 5.92 Å². The van der Waals surface area contributed by atoms with Crippen LogP contribution in [0.4, 0.5) is 5.69 Å². The van der Waals surface area contributed by atoms with Gasteiger partial charge in [0.25, 0.3) is 0 Å². The highest BCUT2D eigenvalue weighted by atomic mass is 16.2. The maximum Gasteiger partial charge on any atom is 0.248 e. The lowest BCUT2D eigenvalue weighted by Gasteiger charge is -2.37. The average molecular weight is 516 g/mol. The van der Waals surface area contributed by atoms with E-state index in [-0.39, 0.29) is 36.1 Å². The zero-order valence-corrected chi connectivity index (χ0v) is 22.5. The molecule has 1 aromatic heterocycles. The quantitative estimate of drug-likeness (QED) is 0.455. The van der Waals surface area contributed by atoms with Crippen LogP contribution < -0.4 is 10.2 Å². The number of rotatable bonds is 6. The second-order valence-electron chi connectivity index (χ2n) is 11.4. The molecule has 0 spiro atoms. The van der Waals surface area contributed by atoms with Crippen molar-refractivity contribution in [2.45, 2.75) is 76.8 Å². The maximum atomic E-state index is 14.2. The Kier molecular flexibility index (Phi) is 8.45. The SMILES string of the molecule is CC(C)(C)c1ccc(N(C(=O)C2CN(C#N)CCC2=O)C(C(=O)NC2CCCCC2)c2cccnc2)cc1. The minimum Gasteiger partial charge on any atom is -0.351 e. The van der Waals surface area contributed by atoms with Crippen LogP contribution >= 0.6 is 0 Å². The van der Waals surface area contributed by atoms with Gasteiger partial charge in [0.15, 0.2) is 6.19 Å². The van der Waals surface area contributed by atoms with E-state index in [4.69, 9.17) is 0 Å². The van der Waals surface area contributed by atoms with Crippen molar-refractivity contribution in [3.63, 3.8) is 0 Å². The zero-order chi connectivity index (χ0) is 27.3. The normalized spacial score (nSPS) is 19.4. The Hall–Kier alpha value is -3.73. The van der Waals surface area contributed by atoms with Crippen LogP contribution in [-0.4, -0.2) is 46.6 Å². The van der Waals surface area contributed by atoms with Gasteiger partial charge < -0.3 is 10.2 Å². The Bertz CT molecular complexity index is 1180. The lowest BCUT2D eigenvalue weighted by atomic mass is 9.87. The number of hydrogen-bond donors (Lipinski definition) is 1. The average Bonchev–Trinajstić information content (AvgIpc) is 2.92. The molecular formula is C30H37N5O3. The zero-order valence-electron chi connectivity index (χ0n) is 22.5. The lowest BCUT2D eigenvalue weighted by molar-refractivity contribution is -0.137. The molecule has 8 nitrogen and oxygen atoms in total. The first kappa shape index (κ1) is 27.3. The minimum atomic E-state index is -1.03. The molecule has 1 saturated carbocycles. The molecule has 1 aliphatic heterocycles. The number of amides is 2. The minimum absolute atomic E-state index is 0.00868. The fraction of sp³-hybridized carbons (Fsp3) is 0.500. The van der Waals surface area contributed by atoms with Gasteiger partial charge >= 0.3 is 0 Å². The second kappa shape index (κ2) is 11.8. The second-order valence-corrected chi connectivity index (χ2v) is 11.4. The summed E-state index contributed by atoms with van der Waals surface area (Å²) in [6.07, 6.45) is 10.5. The molecule has 2 aromatic rings. The largest absolute Gasteiger partial charge is 0.351 e. The Balaban J connectivity index is 1.79. The molecule has 2 heterocycles. The molecule has 200 valence electrons. The first-order chi connectivity index (χ1) is 18.2. The van der Waals surface area contributed by atoms with E-state index in [1.54, 1.807) is 24.5 Å². The third-order valence-corrected chi connectivity index (χ3v) is 7.57. The third kappa shape index (κ3) is 6.21. The number of piperidine rings is 1. The van der Waals surface area contributed by atoms with Crippen LogP contribution in [0.15, 0.2) is 48.8 Å². The fourth-order valence-electron chi connectivity index (χ4n) is 5.32. The summed E-state index contributed by atoms with van der Waals surface area (Å²) in [6.45, 7) is 6.64. The molecule has 1 aliphatic carbocycles. The standard InChI is InChI=1S/C30H37N5O3/c1-30(2,3)22-11-13-24(14-12-22)35(29(38)25-19-34(20-31)17-15-26(25)36)27(21-8-7-16-32-18-21)28(37)33-23-9-5-4-6-10-23/h7-8,11-14,16,18,23,25,27H,4-6,9-10,15,17,19H2,1-3H3,(H,33,37). The number of carbonyl (C=O) groups is 3. The van der Waals surface area contributed by atoms with Crippen LogP contribution in [0.2, 0.25) is 0 Å². The van der Waals surface area contributed by atoms with E-state index < -0.39 is 17.9 Å². The highest BCUT2D eigenvalue weighted by molar-refractivity contribution is 6.11. The molecular weight excluding hydrogens is 478 g/mol. The monoisotopic (exact) mass is 515 g/mol. The number of hydrogen-bond acceptors (Lipinski definition) is 6. The number of nitrogens with zero attached hydrogens (tertiary/aromatic N) is 4. The van der Waals surface area contributed by atoms with Gasteiger partial charge in [-0.2, -0.15) is 5.26 Å². The predicted octanol–water partition coefficient (Wildman–Crippen LogP) is 4.27. The first-order valence-corrected chi connectivity index (χ1v) is 13.5. The van der Waals surface area contributed by atoms with Gasteiger partial charge in [0.1, 0.15) is 17.7 Å². The van der Waals surface area contributed by atoms with E-state index in [2.05, 4.69) is 37.3 Å². The molecule has 0 radical (unpaired) electrons. The van der Waals surface area contributed by atoms with Crippen molar-refractivity contribution in [1.82, 2.24) is 15.2 Å². The van der Waals surface area contributed by atoms with Crippen molar-refractivity contribution < 1.29 is 14.4 Å². The Morgan fingerprint density at radius 3 is 2.45 bits per heavy atom. The van der Waals surface area contributed by atoms with Crippen LogP contribution in [0.1, 0.15) is 76.5 Å². The molecule has 2 aliphatic rings. The van der Waals surface area contributed by atoms with Crippen LogP contribution in [0, 0.1) is 17.4 Å². The Morgan fingerprint density at radius 1 is 1.13 bits per heavy atom. The van der Waals surface area contributed by atoms with E-state index in [1.165, 1.54) is 9.80 Å². The summed E-state index contributed by atoms with van der Waals surface area (Å²) in [5.41, 5.74) is 2.08. The molecule has 0 bridgehead atoms. The van der Waals surface area contributed by atoms with E-state index >= 15 is 0 Å². The van der Waals surface area contributed by atoms with Crippen LogP contribution in [-0.2, 0) is 19.8 Å². The van der Waals surface area contributed by atoms with Gasteiger partial charge in [-0.25, -0.2) is 0 Å². The summed E-state index contributed by atoms with van der Waals surface area (Å²) < 4.78 is 0. The highest BCUT2D eigenvalue weighted by Crippen LogP contribution is 2.33. The number of nitriles is 1. The summed E-state index contributed by atoms with van der Waals surface area (Å²) >= 11 is 0. The number of anilines is 1.